The van der Waals surface area contributed by atoms with Crippen LogP contribution >= 0.6 is 11.8 Å². The molecule has 4 rings (SSSR count). The van der Waals surface area contributed by atoms with Gasteiger partial charge in [0.1, 0.15) is 11.6 Å². The number of fused-ring (bicyclic) bond motifs is 1. The minimum absolute atomic E-state index is 0.0207. The number of anilines is 1. The fourth-order valence-corrected chi connectivity index (χ4v) is 4.05. The Hall–Kier alpha value is -2.67. The molecule has 120 valence electrons. The van der Waals surface area contributed by atoms with Gasteiger partial charge in [0, 0.05) is 0 Å². The number of carbonyl (C=O) groups is 1. The lowest BCUT2D eigenvalue weighted by Gasteiger charge is -2.24. The predicted octanol–water partition coefficient (Wildman–Crippen LogP) is 2.63. The SMILES string of the molecule is O=C(Nc1ccccc1-n1cnnn1)C1SCCc2ccccc21. The lowest BCUT2D eigenvalue weighted by Crippen LogP contribution is -2.23. The number of hydrogen-bond donors (Lipinski definition) is 1. The van der Waals surface area contributed by atoms with Gasteiger partial charge in [0.2, 0.25) is 5.91 Å². The zero-order valence-corrected chi connectivity index (χ0v) is 13.6. The van der Waals surface area contributed by atoms with Crippen molar-refractivity contribution in [3.8, 4) is 5.69 Å². The van der Waals surface area contributed by atoms with E-state index < -0.39 is 0 Å². The number of para-hydroxylation sites is 2. The quantitative estimate of drug-likeness (QED) is 0.795. The molecule has 2 aromatic carbocycles. The Morgan fingerprint density at radius 3 is 2.88 bits per heavy atom. The van der Waals surface area contributed by atoms with Gasteiger partial charge in [-0.05, 0) is 45.9 Å². The van der Waals surface area contributed by atoms with Crippen molar-refractivity contribution in [1.82, 2.24) is 20.2 Å². The van der Waals surface area contributed by atoms with Crippen LogP contribution in [0.1, 0.15) is 16.4 Å². The van der Waals surface area contributed by atoms with Crippen molar-refractivity contribution in [2.24, 2.45) is 0 Å². The number of hydrogen-bond acceptors (Lipinski definition) is 5. The molecule has 0 radical (unpaired) electrons. The normalized spacial score (nSPS) is 16.4. The van der Waals surface area contributed by atoms with Gasteiger partial charge in [0.05, 0.1) is 11.4 Å². The van der Waals surface area contributed by atoms with E-state index in [4.69, 9.17) is 0 Å². The monoisotopic (exact) mass is 337 g/mol. The average molecular weight is 337 g/mol. The van der Waals surface area contributed by atoms with E-state index in [1.807, 2.05) is 42.5 Å². The highest BCUT2D eigenvalue weighted by Gasteiger charge is 2.27. The smallest absolute Gasteiger partial charge is 0.242 e. The average Bonchev–Trinajstić information content (AvgIpc) is 3.16. The summed E-state index contributed by atoms with van der Waals surface area (Å²) in [6, 6.07) is 15.6. The summed E-state index contributed by atoms with van der Waals surface area (Å²) in [5.74, 6) is 0.927. The molecule has 3 aromatic rings. The van der Waals surface area contributed by atoms with Crippen molar-refractivity contribution in [3.63, 3.8) is 0 Å². The third-order valence-electron chi connectivity index (χ3n) is 3.99. The molecule has 24 heavy (non-hydrogen) atoms. The topological polar surface area (TPSA) is 72.7 Å². The molecule has 7 heteroatoms. The van der Waals surface area contributed by atoms with Crippen LogP contribution in [0.15, 0.2) is 54.9 Å². The van der Waals surface area contributed by atoms with E-state index in [9.17, 15) is 4.79 Å². The second-order valence-electron chi connectivity index (χ2n) is 5.46. The molecular weight excluding hydrogens is 322 g/mol. The van der Waals surface area contributed by atoms with Gasteiger partial charge < -0.3 is 5.32 Å². The molecule has 2 heterocycles. The van der Waals surface area contributed by atoms with Crippen LogP contribution in [0.4, 0.5) is 5.69 Å². The fraction of sp³-hybridized carbons (Fsp3) is 0.176. The molecule has 1 aromatic heterocycles. The number of rotatable bonds is 3. The van der Waals surface area contributed by atoms with Crippen LogP contribution in [0.2, 0.25) is 0 Å². The highest BCUT2D eigenvalue weighted by molar-refractivity contribution is 8.00. The first-order valence-electron chi connectivity index (χ1n) is 7.65. The molecule has 1 aliphatic rings. The second-order valence-corrected chi connectivity index (χ2v) is 6.67. The zero-order chi connectivity index (χ0) is 16.4. The maximum Gasteiger partial charge on any atom is 0.242 e. The number of tetrazole rings is 1. The van der Waals surface area contributed by atoms with Gasteiger partial charge in [0.15, 0.2) is 0 Å². The third-order valence-corrected chi connectivity index (χ3v) is 5.23. The van der Waals surface area contributed by atoms with Crippen LogP contribution < -0.4 is 5.32 Å². The lowest BCUT2D eigenvalue weighted by atomic mass is 10.0. The molecular formula is C17H15N5OS. The number of nitrogens with one attached hydrogen (secondary N) is 1. The Balaban J connectivity index is 1.62. The Kier molecular flexibility index (Phi) is 4.00. The van der Waals surface area contributed by atoms with E-state index in [1.54, 1.807) is 11.8 Å². The Morgan fingerprint density at radius 1 is 1.17 bits per heavy atom. The van der Waals surface area contributed by atoms with E-state index in [2.05, 4.69) is 26.9 Å². The number of amides is 1. The van der Waals surface area contributed by atoms with Crippen LogP contribution in [-0.2, 0) is 11.2 Å². The molecule has 1 aliphatic heterocycles. The van der Waals surface area contributed by atoms with Crippen LogP contribution in [0, 0.1) is 0 Å². The van der Waals surface area contributed by atoms with E-state index in [0.717, 1.165) is 23.4 Å². The fourth-order valence-electron chi connectivity index (χ4n) is 2.86. The van der Waals surface area contributed by atoms with Crippen LogP contribution in [-0.4, -0.2) is 31.9 Å². The Labute approximate surface area is 143 Å². The first-order chi connectivity index (χ1) is 11.8. The summed E-state index contributed by atoms with van der Waals surface area (Å²) in [4.78, 5) is 12.9. The molecule has 0 saturated heterocycles. The van der Waals surface area contributed by atoms with E-state index in [-0.39, 0.29) is 11.2 Å². The van der Waals surface area contributed by atoms with E-state index in [0.29, 0.717) is 5.69 Å². The summed E-state index contributed by atoms with van der Waals surface area (Å²) in [5, 5.41) is 14.0. The minimum Gasteiger partial charge on any atom is -0.323 e. The van der Waals surface area contributed by atoms with Gasteiger partial charge in [-0.2, -0.15) is 4.68 Å². The van der Waals surface area contributed by atoms with Crippen LogP contribution in [0.3, 0.4) is 0 Å². The summed E-state index contributed by atoms with van der Waals surface area (Å²) in [5.41, 5.74) is 3.79. The van der Waals surface area contributed by atoms with Crippen molar-refractivity contribution in [1.29, 1.82) is 0 Å². The Morgan fingerprint density at radius 2 is 2.00 bits per heavy atom. The molecule has 0 saturated carbocycles. The van der Waals surface area contributed by atoms with Crippen molar-refractivity contribution < 1.29 is 4.79 Å². The van der Waals surface area contributed by atoms with Gasteiger partial charge in [-0.1, -0.05) is 36.4 Å². The first kappa shape index (κ1) is 14.9. The maximum atomic E-state index is 12.9. The summed E-state index contributed by atoms with van der Waals surface area (Å²) in [7, 11) is 0. The molecule has 1 unspecified atom stereocenters. The molecule has 1 N–H and O–H groups in total. The second kappa shape index (κ2) is 6.45. The molecule has 0 bridgehead atoms. The Bertz CT molecular complexity index is 865. The number of carbonyl (C=O) groups excluding carboxylic acids is 1. The summed E-state index contributed by atoms with van der Waals surface area (Å²) in [6.45, 7) is 0. The van der Waals surface area contributed by atoms with Crippen molar-refractivity contribution in [2.75, 3.05) is 11.1 Å². The number of aryl methyl sites for hydroxylation is 1. The molecule has 0 spiro atoms. The summed E-state index contributed by atoms with van der Waals surface area (Å²) in [6.07, 6.45) is 2.52. The minimum atomic E-state index is -0.197. The molecule has 6 nitrogen and oxygen atoms in total. The standard InChI is InChI=1S/C17H15N5OS/c23-17(16-13-6-2-1-5-12(13)9-10-24-16)19-14-7-3-4-8-15(14)22-11-18-20-21-22/h1-8,11,16H,9-10H2,(H,19,23). The van der Waals surface area contributed by atoms with Gasteiger partial charge in [-0.15, -0.1) is 16.9 Å². The van der Waals surface area contributed by atoms with Gasteiger partial charge >= 0.3 is 0 Å². The summed E-state index contributed by atoms with van der Waals surface area (Å²) >= 11 is 1.68. The van der Waals surface area contributed by atoms with Crippen LogP contribution in [0.25, 0.3) is 5.69 Å². The highest BCUT2D eigenvalue weighted by Crippen LogP contribution is 2.37. The molecule has 0 aliphatic carbocycles. The van der Waals surface area contributed by atoms with E-state index >= 15 is 0 Å². The van der Waals surface area contributed by atoms with Gasteiger partial charge in [-0.25, -0.2) is 0 Å². The number of thioether (sulfide) groups is 1. The van der Waals surface area contributed by atoms with Crippen LogP contribution in [0.5, 0.6) is 0 Å². The number of aromatic nitrogens is 4. The van der Waals surface area contributed by atoms with Crippen molar-refractivity contribution in [3.05, 3.63) is 66.0 Å². The third kappa shape index (κ3) is 2.78. The zero-order valence-electron chi connectivity index (χ0n) is 12.8. The highest BCUT2D eigenvalue weighted by atomic mass is 32.2. The number of nitrogens with zero attached hydrogens (tertiary/aromatic N) is 4. The van der Waals surface area contributed by atoms with Gasteiger partial charge in [0.25, 0.3) is 0 Å². The molecule has 1 atom stereocenters. The van der Waals surface area contributed by atoms with Crippen molar-refractivity contribution in [2.45, 2.75) is 11.7 Å². The molecule has 1 amide bonds. The lowest BCUT2D eigenvalue weighted by molar-refractivity contribution is -0.115. The predicted molar refractivity (Wildman–Crippen MR) is 93.1 cm³/mol. The van der Waals surface area contributed by atoms with Crippen molar-refractivity contribution >= 4 is 23.4 Å². The maximum absolute atomic E-state index is 12.9. The van der Waals surface area contributed by atoms with Gasteiger partial charge in [-0.3, -0.25) is 4.79 Å². The molecule has 0 fully saturated rings. The van der Waals surface area contributed by atoms with E-state index in [1.165, 1.54) is 16.6 Å². The first-order valence-corrected chi connectivity index (χ1v) is 8.70. The number of benzene rings is 2. The summed E-state index contributed by atoms with van der Waals surface area (Å²) < 4.78 is 1.54. The largest absolute Gasteiger partial charge is 0.323 e.